The molecular formula is C21H25NO3. The van der Waals surface area contributed by atoms with Gasteiger partial charge in [-0.3, -0.25) is 4.79 Å². The van der Waals surface area contributed by atoms with E-state index < -0.39 is 12.0 Å². The highest BCUT2D eigenvalue weighted by molar-refractivity contribution is 5.85. The minimum absolute atomic E-state index is 0.160. The summed E-state index contributed by atoms with van der Waals surface area (Å²) in [6, 6.07) is 15.6. The highest BCUT2D eigenvalue weighted by Gasteiger charge is 2.18. The lowest BCUT2D eigenvalue weighted by Gasteiger charge is -2.15. The van der Waals surface area contributed by atoms with E-state index in [1.165, 1.54) is 5.56 Å². The molecule has 0 aliphatic heterocycles. The number of carbonyl (C=O) groups is 2. The quantitative estimate of drug-likeness (QED) is 0.813. The predicted octanol–water partition coefficient (Wildman–Crippen LogP) is 3.87. The normalized spacial score (nSPS) is 11.9. The largest absolute Gasteiger partial charge is 0.459 e. The molecule has 2 aromatic rings. The zero-order chi connectivity index (χ0) is 18.4. The molecule has 0 saturated carbocycles. The number of ether oxygens (including phenoxy) is 1. The summed E-state index contributed by atoms with van der Waals surface area (Å²) in [5, 5.41) is 2.64. The van der Waals surface area contributed by atoms with Crippen molar-refractivity contribution in [3.8, 4) is 11.1 Å². The Hall–Kier alpha value is -2.62. The van der Waals surface area contributed by atoms with Crippen LogP contribution in [0.4, 0.5) is 0 Å². The first-order valence-electron chi connectivity index (χ1n) is 8.50. The molecule has 0 spiro atoms. The first kappa shape index (κ1) is 18.7. The molecule has 1 N–H and O–H groups in total. The fourth-order valence-corrected chi connectivity index (χ4v) is 2.26. The summed E-state index contributed by atoms with van der Waals surface area (Å²) < 4.78 is 5.28. The van der Waals surface area contributed by atoms with Crippen LogP contribution >= 0.6 is 0 Å². The number of esters is 1. The van der Waals surface area contributed by atoms with E-state index in [1.54, 1.807) is 20.8 Å². The van der Waals surface area contributed by atoms with Gasteiger partial charge in [0.25, 0.3) is 0 Å². The highest BCUT2D eigenvalue weighted by Crippen LogP contribution is 2.20. The molecule has 0 saturated heterocycles. The lowest BCUT2D eigenvalue weighted by Crippen LogP contribution is -2.41. The average molecular weight is 339 g/mol. The highest BCUT2D eigenvalue weighted by atomic mass is 16.5. The van der Waals surface area contributed by atoms with Crippen LogP contribution in [0.3, 0.4) is 0 Å². The van der Waals surface area contributed by atoms with E-state index in [2.05, 4.69) is 36.5 Å². The maximum Gasteiger partial charge on any atom is 0.328 e. The van der Waals surface area contributed by atoms with Crippen molar-refractivity contribution in [1.29, 1.82) is 0 Å². The molecule has 0 radical (unpaired) electrons. The number of amides is 1. The van der Waals surface area contributed by atoms with Crippen molar-refractivity contribution < 1.29 is 14.3 Å². The van der Waals surface area contributed by atoms with Crippen molar-refractivity contribution in [2.75, 3.05) is 0 Å². The molecule has 2 rings (SSSR count). The molecule has 25 heavy (non-hydrogen) atoms. The summed E-state index contributed by atoms with van der Waals surface area (Å²) >= 11 is 0. The van der Waals surface area contributed by atoms with Crippen LogP contribution in [0.15, 0.2) is 48.5 Å². The first-order chi connectivity index (χ1) is 11.9. The standard InChI is InChI=1S/C21H25NO3/c1-14(2)20(23)22-16(4)21(24)25-13-17-7-11-19(12-8-17)18-9-5-15(3)6-10-18/h5-12,14,16H,13H2,1-4H3,(H,22,23). The number of hydrogen-bond donors (Lipinski definition) is 1. The smallest absolute Gasteiger partial charge is 0.328 e. The minimum atomic E-state index is -0.651. The number of benzene rings is 2. The van der Waals surface area contributed by atoms with E-state index in [1.807, 2.05) is 24.3 Å². The summed E-state index contributed by atoms with van der Waals surface area (Å²) in [6.45, 7) is 7.44. The number of nitrogens with one attached hydrogen (secondary N) is 1. The van der Waals surface area contributed by atoms with E-state index >= 15 is 0 Å². The average Bonchev–Trinajstić information content (AvgIpc) is 2.60. The third-order valence-corrected chi connectivity index (χ3v) is 3.96. The topological polar surface area (TPSA) is 55.4 Å². The van der Waals surface area contributed by atoms with Crippen LogP contribution in [0.1, 0.15) is 31.9 Å². The minimum Gasteiger partial charge on any atom is -0.459 e. The Morgan fingerprint density at radius 1 is 0.920 bits per heavy atom. The van der Waals surface area contributed by atoms with E-state index in [0.717, 1.165) is 16.7 Å². The molecule has 0 heterocycles. The summed E-state index contributed by atoms with van der Waals surface area (Å²) in [4.78, 5) is 23.6. The van der Waals surface area contributed by atoms with Gasteiger partial charge in [0.1, 0.15) is 12.6 Å². The van der Waals surface area contributed by atoms with Crippen LogP contribution in [0.5, 0.6) is 0 Å². The SMILES string of the molecule is Cc1ccc(-c2ccc(COC(=O)C(C)NC(=O)C(C)C)cc2)cc1. The van der Waals surface area contributed by atoms with Crippen LogP contribution in [0.25, 0.3) is 11.1 Å². The predicted molar refractivity (Wildman–Crippen MR) is 98.9 cm³/mol. The Kier molecular flexibility index (Phi) is 6.34. The summed E-state index contributed by atoms with van der Waals surface area (Å²) in [6.07, 6.45) is 0. The maximum absolute atomic E-state index is 12.0. The van der Waals surface area contributed by atoms with Crippen LogP contribution in [0.2, 0.25) is 0 Å². The van der Waals surface area contributed by atoms with Gasteiger partial charge in [0.15, 0.2) is 0 Å². The molecule has 1 atom stereocenters. The Morgan fingerprint density at radius 2 is 1.44 bits per heavy atom. The van der Waals surface area contributed by atoms with E-state index in [4.69, 9.17) is 4.74 Å². The van der Waals surface area contributed by atoms with Crippen LogP contribution in [-0.4, -0.2) is 17.9 Å². The second-order valence-electron chi connectivity index (χ2n) is 6.56. The van der Waals surface area contributed by atoms with E-state index in [9.17, 15) is 9.59 Å². The Bertz CT molecular complexity index is 718. The summed E-state index contributed by atoms with van der Waals surface area (Å²) in [5.41, 5.74) is 4.41. The molecule has 0 fully saturated rings. The zero-order valence-electron chi connectivity index (χ0n) is 15.2. The van der Waals surface area contributed by atoms with Crippen LogP contribution in [-0.2, 0) is 20.9 Å². The molecule has 0 aliphatic carbocycles. The van der Waals surface area contributed by atoms with Crippen LogP contribution < -0.4 is 5.32 Å². The summed E-state index contributed by atoms with van der Waals surface area (Å²) in [5.74, 6) is -0.756. The van der Waals surface area contributed by atoms with Gasteiger partial charge in [0.2, 0.25) is 5.91 Å². The molecule has 1 unspecified atom stereocenters. The van der Waals surface area contributed by atoms with E-state index in [0.29, 0.717) is 0 Å². The monoisotopic (exact) mass is 339 g/mol. The molecule has 132 valence electrons. The van der Waals surface area contributed by atoms with Crippen molar-refractivity contribution in [3.63, 3.8) is 0 Å². The van der Waals surface area contributed by atoms with Gasteiger partial charge in [-0.1, -0.05) is 67.9 Å². The molecule has 0 bridgehead atoms. The third kappa shape index (κ3) is 5.45. The molecular weight excluding hydrogens is 314 g/mol. The van der Waals surface area contributed by atoms with E-state index in [-0.39, 0.29) is 18.4 Å². The van der Waals surface area contributed by atoms with Crippen LogP contribution in [0, 0.1) is 12.8 Å². The number of rotatable bonds is 6. The molecule has 2 aromatic carbocycles. The Labute approximate surface area is 149 Å². The number of carbonyl (C=O) groups excluding carboxylic acids is 2. The Balaban J connectivity index is 1.90. The van der Waals surface area contributed by atoms with Gasteiger partial charge in [-0.25, -0.2) is 4.79 Å². The molecule has 4 heteroatoms. The van der Waals surface area contributed by atoms with Gasteiger partial charge in [-0.15, -0.1) is 0 Å². The zero-order valence-corrected chi connectivity index (χ0v) is 15.2. The fraction of sp³-hybridized carbons (Fsp3) is 0.333. The van der Waals surface area contributed by atoms with Crippen molar-refractivity contribution >= 4 is 11.9 Å². The van der Waals surface area contributed by atoms with Gasteiger partial charge in [0.05, 0.1) is 0 Å². The third-order valence-electron chi connectivity index (χ3n) is 3.96. The van der Waals surface area contributed by atoms with Gasteiger partial charge in [0, 0.05) is 5.92 Å². The molecule has 1 amide bonds. The maximum atomic E-state index is 12.0. The van der Waals surface area contributed by atoms with Crippen molar-refractivity contribution in [3.05, 3.63) is 59.7 Å². The second-order valence-corrected chi connectivity index (χ2v) is 6.56. The van der Waals surface area contributed by atoms with Gasteiger partial charge in [-0.2, -0.15) is 0 Å². The van der Waals surface area contributed by atoms with Crippen molar-refractivity contribution in [2.24, 2.45) is 5.92 Å². The number of aryl methyl sites for hydroxylation is 1. The van der Waals surface area contributed by atoms with Crippen molar-refractivity contribution in [1.82, 2.24) is 5.32 Å². The lowest BCUT2D eigenvalue weighted by atomic mass is 10.0. The van der Waals surface area contributed by atoms with Crippen molar-refractivity contribution in [2.45, 2.75) is 40.3 Å². The fourth-order valence-electron chi connectivity index (χ4n) is 2.26. The molecule has 4 nitrogen and oxygen atoms in total. The summed E-state index contributed by atoms with van der Waals surface area (Å²) in [7, 11) is 0. The first-order valence-corrected chi connectivity index (χ1v) is 8.50. The van der Waals surface area contributed by atoms with Gasteiger partial charge < -0.3 is 10.1 Å². The lowest BCUT2D eigenvalue weighted by molar-refractivity contribution is -0.148. The number of hydrogen-bond acceptors (Lipinski definition) is 3. The molecule has 0 aliphatic rings. The van der Waals surface area contributed by atoms with Gasteiger partial charge in [-0.05, 0) is 30.5 Å². The van der Waals surface area contributed by atoms with Gasteiger partial charge >= 0.3 is 5.97 Å². The molecule has 0 aromatic heterocycles. The Morgan fingerprint density at radius 3 is 1.96 bits per heavy atom. The second kappa shape index (κ2) is 8.47.